The lowest BCUT2D eigenvalue weighted by molar-refractivity contribution is 0.0383. The second-order valence-electron chi connectivity index (χ2n) is 5.71. The van der Waals surface area contributed by atoms with E-state index < -0.39 is 0 Å². The van der Waals surface area contributed by atoms with Crippen molar-refractivity contribution in [2.75, 3.05) is 39.4 Å². The summed E-state index contributed by atoms with van der Waals surface area (Å²) in [6, 6.07) is 7.21. The zero-order valence-electron chi connectivity index (χ0n) is 13.2. The molecular weight excluding hydrogens is 294 g/mol. The van der Waals surface area contributed by atoms with Crippen molar-refractivity contribution in [3.8, 4) is 0 Å². The molecule has 0 bridgehead atoms. The van der Waals surface area contributed by atoms with E-state index in [-0.39, 0.29) is 11.5 Å². The summed E-state index contributed by atoms with van der Waals surface area (Å²) in [4.78, 5) is 26.9. The Morgan fingerprint density at radius 1 is 1.22 bits per heavy atom. The standard InChI is InChI=1S/C17H21N3O3/c1-19-12-15(13-4-2-3-5-14(13)17(19)22)16(21)18-6-7-20-8-10-23-11-9-20/h2-5,12H,6-11H2,1H3,(H,18,21). The SMILES string of the molecule is Cn1cc(C(=O)NCCN2CCOCC2)c2ccccc2c1=O. The number of ether oxygens (including phenoxy) is 1. The van der Waals surface area contributed by atoms with Gasteiger partial charge in [0.15, 0.2) is 0 Å². The fourth-order valence-electron chi connectivity index (χ4n) is 2.84. The van der Waals surface area contributed by atoms with Crippen LogP contribution < -0.4 is 10.9 Å². The molecule has 2 heterocycles. The first-order valence-electron chi connectivity index (χ1n) is 7.83. The zero-order valence-corrected chi connectivity index (χ0v) is 13.2. The van der Waals surface area contributed by atoms with Crippen molar-refractivity contribution >= 4 is 16.7 Å². The normalized spacial score (nSPS) is 15.7. The van der Waals surface area contributed by atoms with Crippen LogP contribution in [0, 0.1) is 0 Å². The van der Waals surface area contributed by atoms with E-state index in [0.29, 0.717) is 22.9 Å². The van der Waals surface area contributed by atoms with Crippen molar-refractivity contribution in [3.63, 3.8) is 0 Å². The van der Waals surface area contributed by atoms with Gasteiger partial charge in [0, 0.05) is 50.2 Å². The third-order valence-electron chi connectivity index (χ3n) is 4.15. The van der Waals surface area contributed by atoms with Gasteiger partial charge in [-0.15, -0.1) is 0 Å². The lowest BCUT2D eigenvalue weighted by atomic mass is 10.1. The molecule has 1 N–H and O–H groups in total. The highest BCUT2D eigenvalue weighted by atomic mass is 16.5. The van der Waals surface area contributed by atoms with Crippen molar-refractivity contribution in [1.29, 1.82) is 0 Å². The summed E-state index contributed by atoms with van der Waals surface area (Å²) in [6.45, 7) is 4.69. The van der Waals surface area contributed by atoms with E-state index in [2.05, 4.69) is 10.2 Å². The second kappa shape index (κ2) is 6.93. The van der Waals surface area contributed by atoms with Gasteiger partial charge >= 0.3 is 0 Å². The summed E-state index contributed by atoms with van der Waals surface area (Å²) < 4.78 is 6.77. The van der Waals surface area contributed by atoms with E-state index in [0.717, 1.165) is 32.8 Å². The Bertz CT molecular complexity index is 763. The number of morpholine rings is 1. The Morgan fingerprint density at radius 2 is 1.91 bits per heavy atom. The van der Waals surface area contributed by atoms with Crippen molar-refractivity contribution < 1.29 is 9.53 Å². The molecule has 2 aromatic rings. The van der Waals surface area contributed by atoms with Gasteiger partial charge in [0.1, 0.15) is 0 Å². The Hall–Kier alpha value is -2.18. The summed E-state index contributed by atoms with van der Waals surface area (Å²) in [5.74, 6) is -0.148. The predicted molar refractivity (Wildman–Crippen MR) is 88.8 cm³/mol. The number of nitrogens with zero attached hydrogens (tertiary/aromatic N) is 2. The van der Waals surface area contributed by atoms with Gasteiger partial charge in [-0.05, 0) is 6.07 Å². The third kappa shape index (κ3) is 3.43. The molecule has 1 aromatic heterocycles. The molecular formula is C17H21N3O3. The zero-order chi connectivity index (χ0) is 16.2. The van der Waals surface area contributed by atoms with E-state index >= 15 is 0 Å². The number of hydrogen-bond acceptors (Lipinski definition) is 4. The van der Waals surface area contributed by atoms with Gasteiger partial charge in [0.25, 0.3) is 11.5 Å². The number of aryl methyl sites for hydroxylation is 1. The molecule has 1 amide bonds. The molecule has 1 saturated heterocycles. The second-order valence-corrected chi connectivity index (χ2v) is 5.71. The number of pyridine rings is 1. The topological polar surface area (TPSA) is 63.6 Å². The van der Waals surface area contributed by atoms with Crippen LogP contribution in [-0.4, -0.2) is 54.8 Å². The average Bonchev–Trinajstić information content (AvgIpc) is 2.59. The molecule has 1 aliphatic rings. The van der Waals surface area contributed by atoms with Crippen molar-refractivity contribution in [2.24, 2.45) is 7.05 Å². The van der Waals surface area contributed by atoms with E-state index in [4.69, 9.17) is 4.74 Å². The van der Waals surface area contributed by atoms with Crippen LogP contribution in [0.25, 0.3) is 10.8 Å². The maximum atomic E-state index is 12.5. The minimum absolute atomic E-state index is 0.0922. The van der Waals surface area contributed by atoms with Gasteiger partial charge in [-0.3, -0.25) is 14.5 Å². The van der Waals surface area contributed by atoms with E-state index in [1.165, 1.54) is 4.57 Å². The number of rotatable bonds is 4. The summed E-state index contributed by atoms with van der Waals surface area (Å²) >= 11 is 0. The summed E-state index contributed by atoms with van der Waals surface area (Å²) in [7, 11) is 1.67. The van der Waals surface area contributed by atoms with E-state index in [1.807, 2.05) is 18.2 Å². The van der Waals surface area contributed by atoms with Crippen LogP contribution in [0.15, 0.2) is 35.3 Å². The number of nitrogens with one attached hydrogen (secondary N) is 1. The first kappa shape index (κ1) is 15.7. The molecule has 23 heavy (non-hydrogen) atoms. The van der Waals surface area contributed by atoms with Gasteiger partial charge in [-0.25, -0.2) is 0 Å². The first-order valence-corrected chi connectivity index (χ1v) is 7.83. The van der Waals surface area contributed by atoms with Crippen LogP contribution in [0.1, 0.15) is 10.4 Å². The number of amides is 1. The van der Waals surface area contributed by atoms with E-state index in [9.17, 15) is 9.59 Å². The maximum absolute atomic E-state index is 12.5. The average molecular weight is 315 g/mol. The molecule has 1 fully saturated rings. The molecule has 6 nitrogen and oxygen atoms in total. The minimum Gasteiger partial charge on any atom is -0.379 e. The van der Waals surface area contributed by atoms with Crippen LogP contribution in [-0.2, 0) is 11.8 Å². The van der Waals surface area contributed by atoms with Crippen molar-refractivity contribution in [3.05, 3.63) is 46.4 Å². The van der Waals surface area contributed by atoms with Crippen molar-refractivity contribution in [2.45, 2.75) is 0 Å². The van der Waals surface area contributed by atoms with Gasteiger partial charge in [0.2, 0.25) is 0 Å². The van der Waals surface area contributed by atoms with Gasteiger partial charge in [0.05, 0.1) is 18.8 Å². The Morgan fingerprint density at radius 3 is 2.65 bits per heavy atom. The smallest absolute Gasteiger partial charge is 0.258 e. The number of hydrogen-bond donors (Lipinski definition) is 1. The Labute approximate surface area is 134 Å². The van der Waals surface area contributed by atoms with Crippen LogP contribution >= 0.6 is 0 Å². The Kier molecular flexibility index (Phi) is 4.73. The van der Waals surface area contributed by atoms with Crippen molar-refractivity contribution in [1.82, 2.24) is 14.8 Å². The molecule has 0 saturated carbocycles. The van der Waals surface area contributed by atoms with Gasteiger partial charge in [-0.2, -0.15) is 0 Å². The molecule has 0 unspecified atom stereocenters. The highest BCUT2D eigenvalue weighted by Gasteiger charge is 2.14. The number of carbonyl (C=O) groups excluding carboxylic acids is 1. The lowest BCUT2D eigenvalue weighted by Crippen LogP contribution is -2.41. The highest BCUT2D eigenvalue weighted by Crippen LogP contribution is 2.14. The van der Waals surface area contributed by atoms with Crippen LogP contribution in [0.2, 0.25) is 0 Å². The number of benzene rings is 1. The third-order valence-corrected chi connectivity index (χ3v) is 4.15. The van der Waals surface area contributed by atoms with Gasteiger partial charge in [-0.1, -0.05) is 18.2 Å². The number of carbonyl (C=O) groups is 1. The molecule has 122 valence electrons. The predicted octanol–water partition coefficient (Wildman–Crippen LogP) is 0.601. The lowest BCUT2D eigenvalue weighted by Gasteiger charge is -2.26. The van der Waals surface area contributed by atoms with Crippen LogP contribution in [0.5, 0.6) is 0 Å². The summed E-state index contributed by atoms with van der Waals surface area (Å²) in [6.07, 6.45) is 1.61. The van der Waals surface area contributed by atoms with Gasteiger partial charge < -0.3 is 14.6 Å². The Balaban J connectivity index is 1.73. The largest absolute Gasteiger partial charge is 0.379 e. The molecule has 6 heteroatoms. The maximum Gasteiger partial charge on any atom is 0.258 e. The molecule has 3 rings (SSSR count). The highest BCUT2D eigenvalue weighted by molar-refractivity contribution is 6.06. The quantitative estimate of drug-likeness (QED) is 0.897. The van der Waals surface area contributed by atoms with Crippen LogP contribution in [0.3, 0.4) is 0 Å². The molecule has 1 aliphatic heterocycles. The fraction of sp³-hybridized carbons (Fsp3) is 0.412. The number of aromatic nitrogens is 1. The molecule has 0 spiro atoms. The first-order chi connectivity index (χ1) is 11.2. The molecule has 1 aromatic carbocycles. The monoisotopic (exact) mass is 315 g/mol. The van der Waals surface area contributed by atoms with E-state index in [1.54, 1.807) is 19.3 Å². The summed E-state index contributed by atoms with van der Waals surface area (Å²) in [5.41, 5.74) is 0.440. The summed E-state index contributed by atoms with van der Waals surface area (Å²) in [5, 5.41) is 4.21. The molecule has 0 atom stereocenters. The minimum atomic E-state index is -0.148. The molecule has 0 aliphatic carbocycles. The fourth-order valence-corrected chi connectivity index (χ4v) is 2.84. The molecule has 0 radical (unpaired) electrons. The van der Waals surface area contributed by atoms with Crippen LogP contribution in [0.4, 0.5) is 0 Å². The number of fused-ring (bicyclic) bond motifs is 1.